The summed E-state index contributed by atoms with van der Waals surface area (Å²) in [6.45, 7) is 7.95. The fourth-order valence-corrected chi connectivity index (χ4v) is 2.07. The van der Waals surface area contributed by atoms with Gasteiger partial charge in [0.2, 0.25) is 0 Å². The van der Waals surface area contributed by atoms with Crippen LogP contribution in [0.5, 0.6) is 0 Å². The van der Waals surface area contributed by atoms with Gasteiger partial charge in [0.15, 0.2) is 5.96 Å². The van der Waals surface area contributed by atoms with E-state index in [-0.39, 0.29) is 29.5 Å². The molecule has 0 unspecified atom stereocenters. The van der Waals surface area contributed by atoms with Crippen LogP contribution >= 0.6 is 24.0 Å². The first kappa shape index (κ1) is 19.5. The number of hydrogen-bond donors (Lipinski definition) is 2. The number of halogens is 1. The average molecular weight is 427 g/mol. The maximum absolute atomic E-state index is 4.24. The topological polar surface area (TPSA) is 54.2 Å². The van der Waals surface area contributed by atoms with E-state index in [0.717, 1.165) is 19.0 Å². The van der Waals surface area contributed by atoms with Gasteiger partial charge in [0, 0.05) is 38.1 Å². The first-order valence-corrected chi connectivity index (χ1v) is 7.49. The summed E-state index contributed by atoms with van der Waals surface area (Å²) in [6, 6.07) is 8.58. The summed E-state index contributed by atoms with van der Waals surface area (Å²) in [4.78, 5) is 8.30. The first-order valence-electron chi connectivity index (χ1n) is 7.49. The molecular weight excluding hydrogens is 401 g/mol. The summed E-state index contributed by atoms with van der Waals surface area (Å²) in [7, 11) is 1.79. The monoisotopic (exact) mass is 427 g/mol. The van der Waals surface area contributed by atoms with Gasteiger partial charge in [-0.05, 0) is 31.9 Å². The number of aliphatic imine (C=N–C) groups is 1. The van der Waals surface area contributed by atoms with Crippen LogP contribution in [0.1, 0.15) is 31.9 Å². The lowest BCUT2D eigenvalue weighted by Crippen LogP contribution is -2.47. The van der Waals surface area contributed by atoms with Gasteiger partial charge in [-0.2, -0.15) is 0 Å². The van der Waals surface area contributed by atoms with E-state index >= 15 is 0 Å². The third-order valence-electron chi connectivity index (χ3n) is 3.12. The van der Waals surface area contributed by atoms with Crippen LogP contribution in [0.3, 0.4) is 0 Å². The Kier molecular flexibility index (Phi) is 7.54. The zero-order valence-corrected chi connectivity index (χ0v) is 16.5. The molecule has 0 aliphatic rings. The number of hydrogen-bond acceptors (Lipinski definition) is 2. The molecule has 1 aromatic heterocycles. The molecule has 23 heavy (non-hydrogen) atoms. The molecule has 0 aliphatic heterocycles. The van der Waals surface area contributed by atoms with Crippen molar-refractivity contribution in [2.45, 2.75) is 39.4 Å². The zero-order valence-electron chi connectivity index (χ0n) is 14.2. The highest BCUT2D eigenvalue weighted by atomic mass is 127. The van der Waals surface area contributed by atoms with Crippen LogP contribution in [0, 0.1) is 0 Å². The van der Waals surface area contributed by atoms with Crippen molar-refractivity contribution in [1.29, 1.82) is 0 Å². The second-order valence-electron chi connectivity index (χ2n) is 6.35. The lowest BCUT2D eigenvalue weighted by molar-refractivity contribution is 0.501. The highest BCUT2D eigenvalue weighted by Crippen LogP contribution is 2.06. The number of benzene rings is 1. The maximum atomic E-state index is 4.24. The van der Waals surface area contributed by atoms with Crippen LogP contribution in [0.2, 0.25) is 0 Å². The van der Waals surface area contributed by atoms with Gasteiger partial charge >= 0.3 is 0 Å². The van der Waals surface area contributed by atoms with E-state index in [0.29, 0.717) is 0 Å². The predicted octanol–water partition coefficient (Wildman–Crippen LogP) is 3.01. The molecule has 0 fully saturated rings. The summed E-state index contributed by atoms with van der Waals surface area (Å²) in [5.74, 6) is 0.815. The van der Waals surface area contributed by atoms with Gasteiger partial charge in [-0.1, -0.05) is 24.3 Å². The van der Waals surface area contributed by atoms with E-state index in [9.17, 15) is 0 Å². The van der Waals surface area contributed by atoms with Crippen molar-refractivity contribution >= 4 is 29.9 Å². The molecule has 0 saturated heterocycles. The summed E-state index contributed by atoms with van der Waals surface area (Å²) in [6.07, 6.45) is 5.60. The van der Waals surface area contributed by atoms with E-state index in [1.54, 1.807) is 13.2 Å². The fourth-order valence-electron chi connectivity index (χ4n) is 2.07. The molecular formula is C17H26IN5. The second-order valence-corrected chi connectivity index (χ2v) is 6.35. The molecule has 2 rings (SSSR count). The van der Waals surface area contributed by atoms with Crippen molar-refractivity contribution in [3.05, 3.63) is 54.1 Å². The summed E-state index contributed by atoms with van der Waals surface area (Å²) in [5.41, 5.74) is 2.49. The van der Waals surface area contributed by atoms with Crippen molar-refractivity contribution in [2.75, 3.05) is 7.05 Å². The molecule has 126 valence electrons. The minimum atomic E-state index is -0.00347. The van der Waals surface area contributed by atoms with Crippen LogP contribution in [-0.4, -0.2) is 28.1 Å². The molecule has 0 atom stereocenters. The minimum absolute atomic E-state index is 0. The van der Waals surface area contributed by atoms with Gasteiger partial charge in [0.1, 0.15) is 0 Å². The average Bonchev–Trinajstić information content (AvgIpc) is 2.97. The highest BCUT2D eigenvalue weighted by molar-refractivity contribution is 14.0. The Morgan fingerprint density at radius 3 is 2.35 bits per heavy atom. The third-order valence-corrected chi connectivity index (χ3v) is 3.12. The van der Waals surface area contributed by atoms with Crippen LogP contribution in [0.25, 0.3) is 0 Å². The third kappa shape index (κ3) is 7.02. The Morgan fingerprint density at radius 2 is 1.83 bits per heavy atom. The standard InChI is InChI=1S/C17H25N5.HI/c1-17(2,3)21-16(18-4)20-11-14-5-7-15(8-6-14)12-22-10-9-19-13-22;/h5-10,13H,11-12H2,1-4H3,(H2,18,20,21);1H. The lowest BCUT2D eigenvalue weighted by Gasteiger charge is -2.23. The molecule has 2 N–H and O–H groups in total. The largest absolute Gasteiger partial charge is 0.352 e. The number of rotatable bonds is 4. The van der Waals surface area contributed by atoms with E-state index < -0.39 is 0 Å². The van der Waals surface area contributed by atoms with Gasteiger partial charge in [-0.3, -0.25) is 4.99 Å². The minimum Gasteiger partial charge on any atom is -0.352 e. The molecule has 1 aromatic carbocycles. The van der Waals surface area contributed by atoms with Crippen molar-refractivity contribution < 1.29 is 0 Å². The molecule has 0 spiro atoms. The number of imidazole rings is 1. The van der Waals surface area contributed by atoms with Crippen molar-refractivity contribution in [2.24, 2.45) is 4.99 Å². The van der Waals surface area contributed by atoms with Gasteiger partial charge in [-0.25, -0.2) is 4.98 Å². The van der Waals surface area contributed by atoms with Crippen molar-refractivity contribution in [3.63, 3.8) is 0 Å². The quantitative estimate of drug-likeness (QED) is 0.448. The van der Waals surface area contributed by atoms with E-state index in [2.05, 4.69) is 70.2 Å². The Labute approximate surface area is 155 Å². The van der Waals surface area contributed by atoms with Crippen LogP contribution in [-0.2, 0) is 13.1 Å². The summed E-state index contributed by atoms with van der Waals surface area (Å²) in [5, 5.41) is 6.68. The van der Waals surface area contributed by atoms with Crippen molar-refractivity contribution in [3.8, 4) is 0 Å². The zero-order chi connectivity index (χ0) is 16.0. The smallest absolute Gasteiger partial charge is 0.191 e. The fraction of sp³-hybridized carbons (Fsp3) is 0.412. The summed E-state index contributed by atoms with van der Waals surface area (Å²) >= 11 is 0. The molecule has 0 radical (unpaired) electrons. The predicted molar refractivity (Wildman–Crippen MR) is 106 cm³/mol. The van der Waals surface area contributed by atoms with Gasteiger partial charge in [0.25, 0.3) is 0 Å². The molecule has 0 aliphatic carbocycles. The van der Waals surface area contributed by atoms with E-state index in [1.165, 1.54) is 11.1 Å². The Balaban J connectivity index is 0.00000264. The second kappa shape index (κ2) is 8.90. The van der Waals surface area contributed by atoms with E-state index in [4.69, 9.17) is 0 Å². The molecule has 0 amide bonds. The normalized spacial score (nSPS) is 11.7. The number of guanidine groups is 1. The SMILES string of the molecule is CN=C(NCc1ccc(Cn2ccnc2)cc1)NC(C)(C)C.I. The Bertz CT molecular complexity index is 597. The van der Waals surface area contributed by atoms with Gasteiger partial charge in [0.05, 0.1) is 6.33 Å². The lowest BCUT2D eigenvalue weighted by atomic mass is 10.1. The summed E-state index contributed by atoms with van der Waals surface area (Å²) < 4.78 is 2.06. The van der Waals surface area contributed by atoms with Gasteiger partial charge in [-0.15, -0.1) is 24.0 Å². The molecule has 0 bridgehead atoms. The Morgan fingerprint density at radius 1 is 1.17 bits per heavy atom. The van der Waals surface area contributed by atoms with Crippen LogP contribution in [0.4, 0.5) is 0 Å². The molecule has 2 aromatic rings. The number of nitrogens with one attached hydrogen (secondary N) is 2. The molecule has 1 heterocycles. The van der Waals surface area contributed by atoms with Crippen LogP contribution < -0.4 is 10.6 Å². The number of aromatic nitrogens is 2. The van der Waals surface area contributed by atoms with Crippen LogP contribution in [0.15, 0.2) is 48.0 Å². The molecule has 6 heteroatoms. The molecule has 5 nitrogen and oxygen atoms in total. The highest BCUT2D eigenvalue weighted by Gasteiger charge is 2.11. The first-order chi connectivity index (χ1) is 10.5. The maximum Gasteiger partial charge on any atom is 0.191 e. The Hall–Kier alpha value is -1.57. The number of nitrogens with zero attached hydrogens (tertiary/aromatic N) is 3. The van der Waals surface area contributed by atoms with Gasteiger partial charge < -0.3 is 15.2 Å². The van der Waals surface area contributed by atoms with E-state index in [1.807, 2.05) is 12.5 Å². The van der Waals surface area contributed by atoms with Crippen molar-refractivity contribution in [1.82, 2.24) is 20.2 Å². The molecule has 0 saturated carbocycles.